The quantitative estimate of drug-likeness (QED) is 0.615. The predicted molar refractivity (Wildman–Crippen MR) is 114 cm³/mol. The van der Waals surface area contributed by atoms with E-state index in [9.17, 15) is 26.4 Å². The molecule has 168 valence electrons. The summed E-state index contributed by atoms with van der Waals surface area (Å²) < 4.78 is 69.8. The minimum atomic E-state index is -4.63. The molecule has 0 spiro atoms. The number of nitrogens with one attached hydrogen (secondary N) is 1. The van der Waals surface area contributed by atoms with E-state index in [0.29, 0.717) is 17.7 Å². The molecule has 0 saturated heterocycles. The highest BCUT2D eigenvalue weighted by Crippen LogP contribution is 2.36. The van der Waals surface area contributed by atoms with Crippen LogP contribution in [0, 0.1) is 0 Å². The van der Waals surface area contributed by atoms with Crippen LogP contribution in [0.1, 0.15) is 25.0 Å². The Kier molecular flexibility index (Phi) is 5.28. The van der Waals surface area contributed by atoms with Gasteiger partial charge in [0.1, 0.15) is 0 Å². The number of nitrogens with zero attached hydrogens (tertiary/aromatic N) is 2. The first-order chi connectivity index (χ1) is 15.0. The van der Waals surface area contributed by atoms with Crippen molar-refractivity contribution in [3.8, 4) is 5.69 Å². The van der Waals surface area contributed by atoms with Gasteiger partial charge in [0.05, 0.1) is 21.8 Å². The average molecular weight is 463 g/mol. The SMILES string of the molecule is CC(=O)N1c2ccc(S(=O)(=O)Nc3cc(C(F)(F)F)ccc3-n3cccc3)cc2CC1C. The maximum Gasteiger partial charge on any atom is 0.416 e. The molecular weight excluding hydrogens is 443 g/mol. The monoisotopic (exact) mass is 463 g/mol. The van der Waals surface area contributed by atoms with Crippen molar-refractivity contribution >= 4 is 27.3 Å². The van der Waals surface area contributed by atoms with Crippen LogP contribution in [0.15, 0.2) is 65.8 Å². The molecule has 10 heteroatoms. The highest BCUT2D eigenvalue weighted by Gasteiger charge is 2.33. The van der Waals surface area contributed by atoms with E-state index in [2.05, 4.69) is 4.72 Å². The third-order valence-electron chi connectivity index (χ3n) is 5.37. The van der Waals surface area contributed by atoms with E-state index in [1.54, 1.807) is 35.5 Å². The van der Waals surface area contributed by atoms with Crippen molar-refractivity contribution in [3.05, 3.63) is 72.1 Å². The van der Waals surface area contributed by atoms with Gasteiger partial charge in [-0.2, -0.15) is 13.2 Å². The number of rotatable bonds is 4. The van der Waals surface area contributed by atoms with Crippen molar-refractivity contribution in [2.45, 2.75) is 37.4 Å². The standard InChI is InChI=1S/C22H20F3N3O3S/c1-14-11-16-12-18(6-8-20(16)28(14)15(2)29)32(30,31)26-19-13-17(22(23,24)25)5-7-21(19)27-9-3-4-10-27/h3-10,12-14,26H,11H2,1-2H3. The van der Waals surface area contributed by atoms with Crippen molar-refractivity contribution in [1.82, 2.24) is 4.57 Å². The Balaban J connectivity index is 1.74. The van der Waals surface area contributed by atoms with Crippen LogP contribution in [0.4, 0.5) is 24.5 Å². The van der Waals surface area contributed by atoms with Gasteiger partial charge in [-0.15, -0.1) is 0 Å². The maximum absolute atomic E-state index is 13.3. The van der Waals surface area contributed by atoms with Crippen LogP contribution in [0.3, 0.4) is 0 Å². The van der Waals surface area contributed by atoms with Crippen LogP contribution in [-0.2, 0) is 27.4 Å². The lowest BCUT2D eigenvalue weighted by Gasteiger charge is -2.20. The normalized spacial score (nSPS) is 16.2. The number of carbonyl (C=O) groups excluding carboxylic acids is 1. The van der Waals surface area contributed by atoms with E-state index in [1.807, 2.05) is 6.92 Å². The molecule has 1 aromatic heterocycles. The van der Waals surface area contributed by atoms with Crippen LogP contribution in [0.5, 0.6) is 0 Å². The number of alkyl halides is 3. The predicted octanol–water partition coefficient (Wildman–Crippen LogP) is 4.59. The fraction of sp³-hybridized carbons (Fsp3) is 0.227. The van der Waals surface area contributed by atoms with Crippen molar-refractivity contribution in [2.24, 2.45) is 0 Å². The molecule has 1 unspecified atom stereocenters. The summed E-state index contributed by atoms with van der Waals surface area (Å²) in [6.45, 7) is 3.30. The first-order valence-electron chi connectivity index (χ1n) is 9.77. The van der Waals surface area contributed by atoms with Gasteiger partial charge < -0.3 is 9.47 Å². The zero-order valence-corrected chi connectivity index (χ0v) is 18.0. The molecule has 4 rings (SSSR count). The third-order valence-corrected chi connectivity index (χ3v) is 6.73. The van der Waals surface area contributed by atoms with Crippen LogP contribution in [0.25, 0.3) is 5.69 Å². The second-order valence-electron chi connectivity index (χ2n) is 7.66. The summed E-state index contributed by atoms with van der Waals surface area (Å²) in [6.07, 6.45) is -0.938. The summed E-state index contributed by atoms with van der Waals surface area (Å²) in [7, 11) is -4.20. The lowest BCUT2D eigenvalue weighted by atomic mass is 10.1. The van der Waals surface area contributed by atoms with Crippen LogP contribution in [-0.4, -0.2) is 24.9 Å². The molecule has 1 aliphatic rings. The number of hydrogen-bond acceptors (Lipinski definition) is 3. The lowest BCUT2D eigenvalue weighted by Crippen LogP contribution is -2.33. The Morgan fingerprint density at radius 1 is 1.06 bits per heavy atom. The molecule has 0 bridgehead atoms. The van der Waals surface area contributed by atoms with Gasteiger partial charge in [0.15, 0.2) is 0 Å². The molecule has 2 aromatic carbocycles. The van der Waals surface area contributed by atoms with E-state index in [4.69, 9.17) is 0 Å². The summed E-state index contributed by atoms with van der Waals surface area (Å²) in [5, 5.41) is 0. The largest absolute Gasteiger partial charge is 0.416 e. The molecule has 0 saturated carbocycles. The number of fused-ring (bicyclic) bond motifs is 1. The van der Waals surface area contributed by atoms with Crippen molar-refractivity contribution in [2.75, 3.05) is 9.62 Å². The van der Waals surface area contributed by atoms with Crippen molar-refractivity contribution in [3.63, 3.8) is 0 Å². The number of amides is 1. The van der Waals surface area contributed by atoms with E-state index in [0.717, 1.165) is 12.1 Å². The lowest BCUT2D eigenvalue weighted by molar-refractivity contribution is -0.137. The van der Waals surface area contributed by atoms with Gasteiger partial charge in [-0.3, -0.25) is 9.52 Å². The Hall–Kier alpha value is -3.27. The average Bonchev–Trinajstić information content (AvgIpc) is 3.33. The van der Waals surface area contributed by atoms with Crippen LogP contribution < -0.4 is 9.62 Å². The zero-order chi connectivity index (χ0) is 23.3. The minimum absolute atomic E-state index is 0.0929. The minimum Gasteiger partial charge on any atom is -0.322 e. The number of aromatic nitrogens is 1. The Morgan fingerprint density at radius 2 is 1.72 bits per heavy atom. The van der Waals surface area contributed by atoms with Crippen molar-refractivity contribution < 1.29 is 26.4 Å². The van der Waals surface area contributed by atoms with E-state index in [-0.39, 0.29) is 28.2 Å². The molecule has 1 amide bonds. The zero-order valence-electron chi connectivity index (χ0n) is 17.2. The smallest absolute Gasteiger partial charge is 0.322 e. The van der Waals surface area contributed by atoms with Crippen molar-refractivity contribution in [1.29, 1.82) is 0 Å². The second kappa shape index (κ2) is 7.70. The Morgan fingerprint density at radius 3 is 2.34 bits per heavy atom. The third kappa shape index (κ3) is 3.97. The van der Waals surface area contributed by atoms with Crippen LogP contribution in [0.2, 0.25) is 0 Å². The number of hydrogen-bond donors (Lipinski definition) is 1. The van der Waals surface area contributed by atoms with Crippen LogP contribution >= 0.6 is 0 Å². The number of halogens is 3. The van der Waals surface area contributed by atoms with E-state index >= 15 is 0 Å². The summed E-state index contributed by atoms with van der Waals surface area (Å²) >= 11 is 0. The van der Waals surface area contributed by atoms with Gasteiger partial charge in [-0.1, -0.05) is 0 Å². The molecule has 0 aliphatic carbocycles. The Labute approximate surface area is 183 Å². The van der Waals surface area contributed by atoms with E-state index < -0.39 is 21.8 Å². The molecule has 0 fully saturated rings. The molecular formula is C22H20F3N3O3S. The highest BCUT2D eigenvalue weighted by atomic mass is 32.2. The molecule has 6 nitrogen and oxygen atoms in total. The summed E-state index contributed by atoms with van der Waals surface area (Å²) in [4.78, 5) is 13.4. The molecule has 1 aliphatic heterocycles. The van der Waals surface area contributed by atoms with Gasteiger partial charge in [0.25, 0.3) is 10.0 Å². The van der Waals surface area contributed by atoms with Gasteiger partial charge in [-0.05, 0) is 67.4 Å². The fourth-order valence-electron chi connectivity index (χ4n) is 3.97. The summed E-state index contributed by atoms with van der Waals surface area (Å²) in [6, 6.07) is 10.5. The van der Waals surface area contributed by atoms with Gasteiger partial charge in [0.2, 0.25) is 5.91 Å². The fourth-order valence-corrected chi connectivity index (χ4v) is 5.09. The molecule has 1 N–H and O–H groups in total. The second-order valence-corrected chi connectivity index (χ2v) is 9.34. The number of sulfonamides is 1. The molecule has 32 heavy (non-hydrogen) atoms. The highest BCUT2D eigenvalue weighted by molar-refractivity contribution is 7.92. The first-order valence-corrected chi connectivity index (χ1v) is 11.3. The summed E-state index contributed by atoms with van der Waals surface area (Å²) in [5.74, 6) is -0.148. The molecule has 0 radical (unpaired) electrons. The number of anilines is 2. The summed E-state index contributed by atoms with van der Waals surface area (Å²) in [5.41, 5.74) is 0.409. The number of carbonyl (C=O) groups is 1. The first kappa shape index (κ1) is 21.9. The molecule has 3 aromatic rings. The van der Waals surface area contributed by atoms with Gasteiger partial charge in [0, 0.05) is 31.0 Å². The van der Waals surface area contributed by atoms with Gasteiger partial charge >= 0.3 is 6.18 Å². The maximum atomic E-state index is 13.3. The topological polar surface area (TPSA) is 71.4 Å². The molecule has 2 heterocycles. The Bertz CT molecular complexity index is 1290. The van der Waals surface area contributed by atoms with Gasteiger partial charge in [-0.25, -0.2) is 8.42 Å². The van der Waals surface area contributed by atoms with E-state index in [1.165, 1.54) is 29.7 Å². The molecule has 1 atom stereocenters. The number of benzene rings is 2.